The Hall–Kier alpha value is -3.17. The summed E-state index contributed by atoms with van der Waals surface area (Å²) in [6.45, 7) is 3.86. The molecule has 1 rings (SSSR count). The minimum Gasteiger partial charge on any atom is -0.462 e. The predicted octanol–water partition coefficient (Wildman–Crippen LogP) is 11.0. The second-order valence-electron chi connectivity index (χ2n) is 12.8. The molecule has 10 heteroatoms. The highest BCUT2D eigenvalue weighted by Crippen LogP contribution is 2.18. The second-order valence-corrected chi connectivity index (χ2v) is 12.8. The number of unbranched alkanes of at least 4 members (excludes halogenated alkanes) is 20. The van der Waals surface area contributed by atoms with Gasteiger partial charge in [-0.15, -0.1) is 0 Å². The van der Waals surface area contributed by atoms with Gasteiger partial charge < -0.3 is 18.9 Å². The number of ether oxygens (including phenoxy) is 4. The van der Waals surface area contributed by atoms with Gasteiger partial charge in [-0.25, -0.2) is 4.79 Å². The van der Waals surface area contributed by atoms with E-state index in [-0.39, 0.29) is 43.5 Å². The molecule has 0 amide bonds. The van der Waals surface area contributed by atoms with Gasteiger partial charge in [-0.1, -0.05) is 142 Å². The number of benzene rings is 1. The maximum absolute atomic E-state index is 12.6. The van der Waals surface area contributed by atoms with Gasteiger partial charge in [0.2, 0.25) is 0 Å². The highest BCUT2D eigenvalue weighted by atomic mass is 16.7. The first-order valence-corrected chi connectivity index (χ1v) is 18.8. The molecule has 274 valence electrons. The third kappa shape index (κ3) is 24.9. The van der Waals surface area contributed by atoms with Crippen molar-refractivity contribution in [2.24, 2.45) is 0 Å². The van der Waals surface area contributed by atoms with E-state index < -0.39 is 23.2 Å². The molecule has 0 fully saturated rings. The number of nitro benzene ring substituents is 1. The number of nitro groups is 1. The first-order chi connectivity index (χ1) is 23.3. The largest absolute Gasteiger partial charge is 0.513 e. The lowest BCUT2D eigenvalue weighted by Crippen LogP contribution is -2.31. The van der Waals surface area contributed by atoms with Crippen molar-refractivity contribution in [3.8, 4) is 5.75 Å². The second kappa shape index (κ2) is 29.9. The summed E-state index contributed by atoms with van der Waals surface area (Å²) in [6.07, 6.45) is 24.3. The van der Waals surface area contributed by atoms with Gasteiger partial charge in [0, 0.05) is 25.0 Å². The number of rotatable bonds is 31. The molecule has 0 aliphatic rings. The van der Waals surface area contributed by atoms with Gasteiger partial charge >= 0.3 is 18.1 Å². The zero-order valence-corrected chi connectivity index (χ0v) is 29.9. The molecule has 0 radical (unpaired) electrons. The van der Waals surface area contributed by atoms with E-state index in [4.69, 9.17) is 18.9 Å². The molecule has 0 saturated heterocycles. The maximum Gasteiger partial charge on any atom is 0.513 e. The smallest absolute Gasteiger partial charge is 0.462 e. The van der Waals surface area contributed by atoms with Crippen molar-refractivity contribution in [3.05, 3.63) is 34.4 Å². The number of carbonyl (C=O) groups is 3. The summed E-state index contributed by atoms with van der Waals surface area (Å²) in [6, 6.07) is 4.97. The fraction of sp³-hybridized carbons (Fsp3) is 0.763. The normalized spacial score (nSPS) is 11.5. The topological polar surface area (TPSA) is 131 Å². The Labute approximate surface area is 289 Å². The minimum atomic E-state index is -1.07. The summed E-state index contributed by atoms with van der Waals surface area (Å²) in [5.74, 6) is -0.760. The average molecular weight is 678 g/mol. The third-order valence-corrected chi connectivity index (χ3v) is 8.33. The van der Waals surface area contributed by atoms with Crippen molar-refractivity contribution in [1.29, 1.82) is 0 Å². The SMILES string of the molecule is CCCCCCCCCCCCCC(=O)OCC(COC(=O)Oc1ccc([N+](=O)[O-])cc1)OC(=O)CCCCCCCCCCCCC. The van der Waals surface area contributed by atoms with Crippen LogP contribution in [0, 0.1) is 10.1 Å². The van der Waals surface area contributed by atoms with Crippen LogP contribution < -0.4 is 4.74 Å². The van der Waals surface area contributed by atoms with Crippen LogP contribution in [0.4, 0.5) is 10.5 Å². The molecule has 1 unspecified atom stereocenters. The van der Waals surface area contributed by atoms with E-state index >= 15 is 0 Å². The van der Waals surface area contributed by atoms with Gasteiger partial charge in [-0.05, 0) is 25.0 Å². The molecule has 48 heavy (non-hydrogen) atoms. The molecule has 0 N–H and O–H groups in total. The Morgan fingerprint density at radius 2 is 0.979 bits per heavy atom. The van der Waals surface area contributed by atoms with Crippen LogP contribution >= 0.6 is 0 Å². The quantitative estimate of drug-likeness (QED) is 0.0188. The van der Waals surface area contributed by atoms with Crippen LogP contribution in [-0.4, -0.2) is 42.3 Å². The summed E-state index contributed by atoms with van der Waals surface area (Å²) in [4.78, 5) is 47.5. The van der Waals surface area contributed by atoms with Gasteiger partial charge in [0.25, 0.3) is 5.69 Å². The molecular formula is C38H63NO9. The summed E-state index contributed by atoms with van der Waals surface area (Å²) >= 11 is 0. The highest BCUT2D eigenvalue weighted by molar-refractivity contribution is 5.70. The number of hydrogen-bond donors (Lipinski definition) is 0. The highest BCUT2D eigenvalue weighted by Gasteiger charge is 2.20. The molecule has 0 bridgehead atoms. The Kier molecular flexibility index (Phi) is 26.7. The molecule has 0 aliphatic heterocycles. The van der Waals surface area contributed by atoms with Gasteiger partial charge in [-0.2, -0.15) is 0 Å². The molecule has 0 aliphatic carbocycles. The fourth-order valence-electron chi connectivity index (χ4n) is 5.41. The van der Waals surface area contributed by atoms with Gasteiger partial charge in [0.05, 0.1) is 4.92 Å². The average Bonchev–Trinajstić information content (AvgIpc) is 3.07. The lowest BCUT2D eigenvalue weighted by Gasteiger charge is -2.18. The summed E-state index contributed by atoms with van der Waals surface area (Å²) < 4.78 is 21.1. The molecule has 0 spiro atoms. The number of non-ortho nitro benzene ring substituents is 1. The monoisotopic (exact) mass is 677 g/mol. The van der Waals surface area contributed by atoms with E-state index in [1.807, 2.05) is 0 Å². The van der Waals surface area contributed by atoms with Crippen molar-refractivity contribution in [1.82, 2.24) is 0 Å². The van der Waals surface area contributed by atoms with Crippen molar-refractivity contribution < 1.29 is 38.3 Å². The van der Waals surface area contributed by atoms with E-state index in [0.29, 0.717) is 6.42 Å². The van der Waals surface area contributed by atoms with Crippen LogP contribution in [0.2, 0.25) is 0 Å². The summed E-state index contributed by atoms with van der Waals surface area (Å²) in [5.41, 5.74) is -0.143. The van der Waals surface area contributed by atoms with Gasteiger partial charge in [-0.3, -0.25) is 19.7 Å². The molecule has 1 aromatic rings. The van der Waals surface area contributed by atoms with E-state index in [1.165, 1.54) is 121 Å². The van der Waals surface area contributed by atoms with Crippen molar-refractivity contribution in [2.75, 3.05) is 13.2 Å². The van der Waals surface area contributed by atoms with Crippen LogP contribution in [-0.2, 0) is 23.8 Å². The Morgan fingerprint density at radius 1 is 0.583 bits per heavy atom. The Bertz CT molecular complexity index is 983. The molecule has 0 heterocycles. The Balaban J connectivity index is 2.39. The van der Waals surface area contributed by atoms with Crippen LogP contribution in [0.15, 0.2) is 24.3 Å². The van der Waals surface area contributed by atoms with Crippen molar-refractivity contribution in [2.45, 2.75) is 174 Å². The fourth-order valence-corrected chi connectivity index (χ4v) is 5.41. The third-order valence-electron chi connectivity index (χ3n) is 8.33. The Morgan fingerprint density at radius 3 is 1.42 bits per heavy atom. The molecule has 0 aromatic heterocycles. The number of hydrogen-bond acceptors (Lipinski definition) is 9. The van der Waals surface area contributed by atoms with E-state index in [2.05, 4.69) is 13.8 Å². The first-order valence-electron chi connectivity index (χ1n) is 18.8. The lowest BCUT2D eigenvalue weighted by molar-refractivity contribution is -0.384. The van der Waals surface area contributed by atoms with E-state index in [1.54, 1.807) is 0 Å². The minimum absolute atomic E-state index is 0.0639. The molecular weight excluding hydrogens is 614 g/mol. The van der Waals surface area contributed by atoms with Gasteiger partial charge in [0.1, 0.15) is 19.0 Å². The van der Waals surface area contributed by atoms with E-state index in [9.17, 15) is 24.5 Å². The number of esters is 2. The zero-order chi connectivity index (χ0) is 35.1. The number of nitrogens with zero attached hydrogens (tertiary/aromatic N) is 1. The van der Waals surface area contributed by atoms with E-state index in [0.717, 1.165) is 38.5 Å². The molecule has 1 aromatic carbocycles. The van der Waals surface area contributed by atoms with Crippen LogP contribution in [0.1, 0.15) is 168 Å². The summed E-state index contributed by atoms with van der Waals surface area (Å²) in [5, 5.41) is 10.8. The van der Waals surface area contributed by atoms with Crippen LogP contribution in [0.3, 0.4) is 0 Å². The maximum atomic E-state index is 12.6. The van der Waals surface area contributed by atoms with Gasteiger partial charge in [0.15, 0.2) is 6.10 Å². The van der Waals surface area contributed by atoms with Crippen molar-refractivity contribution in [3.63, 3.8) is 0 Å². The zero-order valence-electron chi connectivity index (χ0n) is 29.9. The lowest BCUT2D eigenvalue weighted by atomic mass is 10.1. The molecule has 1 atom stereocenters. The van der Waals surface area contributed by atoms with Crippen LogP contribution in [0.5, 0.6) is 5.75 Å². The van der Waals surface area contributed by atoms with Crippen LogP contribution in [0.25, 0.3) is 0 Å². The van der Waals surface area contributed by atoms with Crippen molar-refractivity contribution >= 4 is 23.8 Å². The number of carbonyl (C=O) groups excluding carboxylic acids is 3. The summed E-state index contributed by atoms with van der Waals surface area (Å²) in [7, 11) is 0. The first kappa shape index (κ1) is 42.9. The molecule has 0 saturated carbocycles. The standard InChI is InChI=1S/C38H63NO9/c1-3-5-7-9-11-13-15-17-19-21-23-25-36(40)45-31-35(32-46-38(42)48-34-29-27-33(28-30-34)39(43)44)47-37(41)26-24-22-20-18-16-14-12-10-8-6-4-2/h27-30,35H,3-26,31-32H2,1-2H3. The predicted molar refractivity (Wildman–Crippen MR) is 188 cm³/mol. The molecule has 10 nitrogen and oxygen atoms in total.